The van der Waals surface area contributed by atoms with E-state index in [1.54, 1.807) is 0 Å². The molecule has 2 aromatic rings. The van der Waals surface area contributed by atoms with Gasteiger partial charge in [0.05, 0.1) is 0 Å². The van der Waals surface area contributed by atoms with Crippen molar-refractivity contribution in [2.75, 3.05) is 0 Å². The second-order valence-corrected chi connectivity index (χ2v) is 6.40. The quantitative estimate of drug-likeness (QED) is 0.535. The summed E-state index contributed by atoms with van der Waals surface area (Å²) in [4.78, 5) is 0. The molecule has 1 heteroatoms. The summed E-state index contributed by atoms with van der Waals surface area (Å²) in [5, 5.41) is 0. The number of hydrogen-bond acceptors (Lipinski definition) is 0. The average Bonchev–Trinajstić information content (AvgIpc) is 3.17. The van der Waals surface area contributed by atoms with Crippen molar-refractivity contribution in [1.82, 2.24) is 0 Å². The number of benzene rings is 2. The zero-order valence-electron chi connectivity index (χ0n) is 14.4. The van der Waals surface area contributed by atoms with Gasteiger partial charge in [0, 0.05) is 0 Å². The Balaban J connectivity index is 0.000000160. The van der Waals surface area contributed by atoms with Crippen molar-refractivity contribution in [3.63, 3.8) is 0 Å². The van der Waals surface area contributed by atoms with Gasteiger partial charge in [-0.1, -0.05) is 48.6 Å². The van der Waals surface area contributed by atoms with Gasteiger partial charge in [0.2, 0.25) is 0 Å². The van der Waals surface area contributed by atoms with Gasteiger partial charge in [-0.25, -0.2) is 0 Å². The van der Waals surface area contributed by atoms with Crippen LogP contribution in [0.25, 0.3) is 12.2 Å². The zero-order chi connectivity index (χ0) is 15.7. The Bertz CT molecular complexity index is 712. The van der Waals surface area contributed by atoms with E-state index in [4.69, 9.17) is 0 Å². The topological polar surface area (TPSA) is 0 Å². The summed E-state index contributed by atoms with van der Waals surface area (Å²) in [6, 6.07) is 8.82. The molecule has 0 unspecified atom stereocenters. The molecule has 4 rings (SSSR count). The molecule has 0 spiro atoms. The molecule has 0 atom stereocenters. The fourth-order valence-electron chi connectivity index (χ4n) is 3.38. The molecule has 0 saturated carbocycles. The van der Waals surface area contributed by atoms with E-state index in [9.17, 15) is 0 Å². The van der Waals surface area contributed by atoms with Crippen LogP contribution in [0.4, 0.5) is 0 Å². The second kappa shape index (κ2) is 7.34. The molecule has 117 valence electrons. The predicted molar refractivity (Wildman–Crippen MR) is 97.3 cm³/mol. The van der Waals surface area contributed by atoms with E-state index in [0.717, 1.165) is 12.8 Å². The Hall–Kier alpha value is -1.56. The molecular formula is C22H24Mn+2. The molecule has 23 heavy (non-hydrogen) atoms. The molecule has 0 heterocycles. The van der Waals surface area contributed by atoms with Gasteiger partial charge in [-0.05, 0) is 85.0 Å². The number of fused-ring (bicyclic) bond motifs is 2. The molecule has 2 aliphatic carbocycles. The van der Waals surface area contributed by atoms with E-state index in [1.165, 1.54) is 44.5 Å². The van der Waals surface area contributed by atoms with E-state index >= 15 is 0 Å². The van der Waals surface area contributed by atoms with Gasteiger partial charge < -0.3 is 0 Å². The van der Waals surface area contributed by atoms with Gasteiger partial charge in [0.25, 0.3) is 0 Å². The Labute approximate surface area is 150 Å². The molecule has 0 fully saturated rings. The zero-order valence-corrected chi connectivity index (χ0v) is 15.6. The molecule has 2 aliphatic rings. The molecule has 2 aromatic carbocycles. The summed E-state index contributed by atoms with van der Waals surface area (Å²) >= 11 is 0. The summed E-state index contributed by atoms with van der Waals surface area (Å²) in [7, 11) is 0. The molecule has 0 aromatic heterocycles. The molecule has 0 saturated heterocycles. The molecule has 0 N–H and O–H groups in total. The first-order valence-corrected chi connectivity index (χ1v) is 8.09. The maximum atomic E-state index is 2.24. The van der Waals surface area contributed by atoms with E-state index in [2.05, 4.69) is 76.3 Å². The molecule has 0 bridgehead atoms. The number of hydrogen-bond donors (Lipinski definition) is 0. The van der Waals surface area contributed by atoms with Gasteiger partial charge in [0.1, 0.15) is 0 Å². The van der Waals surface area contributed by atoms with Gasteiger partial charge in [0.15, 0.2) is 0 Å². The van der Waals surface area contributed by atoms with Gasteiger partial charge in [-0.2, -0.15) is 0 Å². The molecule has 0 amide bonds. The first-order chi connectivity index (χ1) is 10.6. The Morgan fingerprint density at radius 1 is 0.565 bits per heavy atom. The van der Waals surface area contributed by atoms with Crippen molar-refractivity contribution >= 4 is 12.2 Å². The van der Waals surface area contributed by atoms with Crippen LogP contribution in [0.3, 0.4) is 0 Å². The van der Waals surface area contributed by atoms with Crippen LogP contribution >= 0.6 is 0 Å². The van der Waals surface area contributed by atoms with Crippen molar-refractivity contribution < 1.29 is 17.1 Å². The summed E-state index contributed by atoms with van der Waals surface area (Å²) in [6.07, 6.45) is 11.2. The first kappa shape index (κ1) is 17.8. The second-order valence-electron chi connectivity index (χ2n) is 6.40. The van der Waals surface area contributed by atoms with Gasteiger partial charge >= 0.3 is 17.1 Å². The smallest absolute Gasteiger partial charge is 0.0795 e. The summed E-state index contributed by atoms with van der Waals surface area (Å²) in [5.41, 5.74) is 11.6. The van der Waals surface area contributed by atoms with Crippen LogP contribution in [0.2, 0.25) is 0 Å². The predicted octanol–water partition coefficient (Wildman–Crippen LogP) is 5.74. The molecule has 1 radical (unpaired) electrons. The van der Waals surface area contributed by atoms with E-state index in [-0.39, 0.29) is 17.1 Å². The minimum absolute atomic E-state index is 0. The Morgan fingerprint density at radius 3 is 1.26 bits per heavy atom. The van der Waals surface area contributed by atoms with E-state index in [0.29, 0.717) is 0 Å². The van der Waals surface area contributed by atoms with Crippen LogP contribution in [0.15, 0.2) is 36.4 Å². The average molecular weight is 343 g/mol. The van der Waals surface area contributed by atoms with E-state index in [1.807, 2.05) is 0 Å². The van der Waals surface area contributed by atoms with Crippen LogP contribution in [0.1, 0.15) is 44.5 Å². The van der Waals surface area contributed by atoms with Crippen LogP contribution < -0.4 is 0 Å². The minimum atomic E-state index is 0. The van der Waals surface area contributed by atoms with Crippen molar-refractivity contribution in [2.24, 2.45) is 0 Å². The normalized spacial score (nSPS) is 13.0. The Morgan fingerprint density at radius 2 is 0.913 bits per heavy atom. The van der Waals surface area contributed by atoms with Crippen molar-refractivity contribution in [3.8, 4) is 0 Å². The first-order valence-electron chi connectivity index (χ1n) is 8.09. The van der Waals surface area contributed by atoms with Crippen LogP contribution in [-0.4, -0.2) is 0 Å². The van der Waals surface area contributed by atoms with Gasteiger partial charge in [-0.15, -0.1) is 0 Å². The monoisotopic (exact) mass is 343 g/mol. The van der Waals surface area contributed by atoms with E-state index < -0.39 is 0 Å². The third-order valence-electron chi connectivity index (χ3n) is 4.83. The van der Waals surface area contributed by atoms with Crippen molar-refractivity contribution in [2.45, 2.75) is 40.5 Å². The number of rotatable bonds is 0. The molecule has 0 aliphatic heterocycles. The summed E-state index contributed by atoms with van der Waals surface area (Å²) in [6.45, 7) is 8.72. The van der Waals surface area contributed by atoms with Crippen molar-refractivity contribution in [3.05, 3.63) is 80.9 Å². The number of aryl methyl sites for hydroxylation is 4. The molecule has 0 nitrogen and oxygen atoms in total. The summed E-state index contributed by atoms with van der Waals surface area (Å²) < 4.78 is 0. The fraction of sp³-hybridized carbons (Fsp3) is 0.273. The third kappa shape index (κ3) is 3.52. The van der Waals surface area contributed by atoms with Crippen LogP contribution in [-0.2, 0) is 29.9 Å². The van der Waals surface area contributed by atoms with Crippen LogP contribution in [0.5, 0.6) is 0 Å². The van der Waals surface area contributed by atoms with Gasteiger partial charge in [-0.3, -0.25) is 0 Å². The van der Waals surface area contributed by atoms with Crippen LogP contribution in [0, 0.1) is 27.7 Å². The van der Waals surface area contributed by atoms with Crippen molar-refractivity contribution in [1.29, 1.82) is 0 Å². The minimum Gasteiger partial charge on any atom is -0.0795 e. The molecular weight excluding hydrogens is 319 g/mol. The fourth-order valence-corrected chi connectivity index (χ4v) is 3.38. The third-order valence-corrected chi connectivity index (χ3v) is 4.83. The Kier molecular flexibility index (Phi) is 5.68. The summed E-state index contributed by atoms with van der Waals surface area (Å²) in [5.74, 6) is 0. The SMILES string of the molecule is Cc1ccc(C)c2c1C=CC2.Cc1ccc(C)c2c1C=CC2.[Mn+2]. The largest absolute Gasteiger partial charge is 2.00 e. The number of allylic oxidation sites excluding steroid dienone is 2. The standard InChI is InChI=1S/2C11H12.Mn/c2*1-8-6-7-9(2)11-5-3-4-10(8)11;/h2*3-4,6-7H,5H2,1-2H3;/q;;+2. The maximum absolute atomic E-state index is 2.24. The maximum Gasteiger partial charge on any atom is 2.00 e.